The molecule has 0 aromatic rings. The highest BCUT2D eigenvalue weighted by Crippen LogP contribution is 1.95. The van der Waals surface area contributed by atoms with E-state index in [0.29, 0.717) is 0 Å². The van der Waals surface area contributed by atoms with Crippen LogP contribution >= 0.6 is 0 Å². The molecule has 0 atom stereocenters. The van der Waals surface area contributed by atoms with Gasteiger partial charge in [-0.05, 0) is 0 Å². The maximum Gasteiger partial charge on any atom is 0.306 e. The first kappa shape index (κ1) is 12.4. The third kappa shape index (κ3) is 6.53. The van der Waals surface area contributed by atoms with Crippen molar-refractivity contribution in [2.75, 3.05) is 32.3 Å². The van der Waals surface area contributed by atoms with Crippen LogP contribution in [0, 0.1) is 0 Å². The lowest BCUT2D eigenvalue weighted by atomic mass is 10.5. The summed E-state index contributed by atoms with van der Waals surface area (Å²) in [6.45, 7) is 0.156. The molecule has 0 saturated carbocycles. The third-order valence-electron chi connectivity index (χ3n) is 1.44. The van der Waals surface area contributed by atoms with E-state index >= 15 is 0 Å². The number of ether oxygens (including phenoxy) is 2. The molecule has 0 aliphatic carbocycles. The minimum atomic E-state index is -3.17. The predicted molar refractivity (Wildman–Crippen MR) is 47.2 cm³/mol. The maximum absolute atomic E-state index is 11.1. The summed E-state index contributed by atoms with van der Waals surface area (Å²) in [6, 6.07) is 0. The smallest absolute Gasteiger partial charge is 0.306 e. The van der Waals surface area contributed by atoms with Crippen molar-refractivity contribution >= 4 is 15.8 Å². The Morgan fingerprint density at radius 2 is 1.85 bits per heavy atom. The fraction of sp³-hybridized carbons (Fsp3) is 0.857. The summed E-state index contributed by atoms with van der Waals surface area (Å²) in [5.74, 6) is -0.746. The average Bonchev–Trinajstić information content (AvgIpc) is 2.11. The van der Waals surface area contributed by atoms with E-state index in [9.17, 15) is 13.2 Å². The lowest BCUT2D eigenvalue weighted by molar-refractivity contribution is -0.140. The van der Waals surface area contributed by atoms with Crippen LogP contribution in [0.2, 0.25) is 0 Å². The molecule has 5 nitrogen and oxygen atoms in total. The number of carbonyl (C=O) groups is 1. The second-order valence-electron chi connectivity index (χ2n) is 2.47. The summed E-state index contributed by atoms with van der Waals surface area (Å²) in [5.41, 5.74) is 0. The van der Waals surface area contributed by atoms with E-state index in [4.69, 9.17) is 0 Å². The standard InChI is InChI=1S/C7H14O5S/c1-11-4-6-13(9,10)5-3-7(8)12-2/h3-6H2,1-2H3. The minimum absolute atomic E-state index is 0.0551. The molecule has 0 bridgehead atoms. The van der Waals surface area contributed by atoms with Gasteiger partial charge >= 0.3 is 5.97 Å². The third-order valence-corrected chi connectivity index (χ3v) is 3.06. The zero-order chi connectivity index (χ0) is 10.3. The molecule has 0 spiro atoms. The van der Waals surface area contributed by atoms with Crippen molar-refractivity contribution in [3.63, 3.8) is 0 Å². The molecular weight excluding hydrogens is 196 g/mol. The second-order valence-corrected chi connectivity index (χ2v) is 4.77. The van der Waals surface area contributed by atoms with Crippen molar-refractivity contribution in [3.8, 4) is 0 Å². The van der Waals surface area contributed by atoms with E-state index in [1.807, 2.05) is 0 Å². The van der Waals surface area contributed by atoms with E-state index < -0.39 is 15.8 Å². The van der Waals surface area contributed by atoms with Crippen molar-refractivity contribution in [2.45, 2.75) is 6.42 Å². The van der Waals surface area contributed by atoms with Crippen LogP contribution in [0.25, 0.3) is 0 Å². The molecule has 0 radical (unpaired) electrons. The van der Waals surface area contributed by atoms with Crippen LogP contribution in [0.15, 0.2) is 0 Å². The molecule has 0 aromatic carbocycles. The molecule has 13 heavy (non-hydrogen) atoms. The van der Waals surface area contributed by atoms with Crippen LogP contribution in [0.5, 0.6) is 0 Å². The Hall–Kier alpha value is -0.620. The highest BCUT2D eigenvalue weighted by atomic mass is 32.2. The highest BCUT2D eigenvalue weighted by molar-refractivity contribution is 7.91. The predicted octanol–water partition coefficient (Wildman–Crippen LogP) is -0.389. The van der Waals surface area contributed by atoms with Gasteiger partial charge in [0.05, 0.1) is 31.6 Å². The number of esters is 1. The van der Waals surface area contributed by atoms with Crippen LogP contribution in [0.4, 0.5) is 0 Å². The van der Waals surface area contributed by atoms with Gasteiger partial charge in [-0.1, -0.05) is 0 Å². The zero-order valence-corrected chi connectivity index (χ0v) is 8.59. The number of hydrogen-bond donors (Lipinski definition) is 0. The summed E-state index contributed by atoms with van der Waals surface area (Å²) < 4.78 is 31.2. The Bertz CT molecular complexity index is 244. The molecule has 0 rings (SSSR count). The van der Waals surface area contributed by atoms with Crippen molar-refractivity contribution < 1.29 is 22.7 Å². The molecule has 0 N–H and O–H groups in total. The van der Waals surface area contributed by atoms with Gasteiger partial charge in [-0.15, -0.1) is 0 Å². The van der Waals surface area contributed by atoms with Crippen molar-refractivity contribution in [1.82, 2.24) is 0 Å². The quantitative estimate of drug-likeness (QED) is 0.558. The van der Waals surface area contributed by atoms with Crippen LogP contribution in [0.3, 0.4) is 0 Å². The SMILES string of the molecule is COCCS(=O)(=O)CCC(=O)OC. The zero-order valence-electron chi connectivity index (χ0n) is 7.78. The number of carbonyl (C=O) groups excluding carboxylic acids is 1. The largest absolute Gasteiger partial charge is 0.469 e. The molecule has 0 unspecified atom stereocenters. The van der Waals surface area contributed by atoms with Crippen LogP contribution in [0.1, 0.15) is 6.42 Å². The van der Waals surface area contributed by atoms with Gasteiger partial charge < -0.3 is 9.47 Å². The molecule has 0 aromatic heterocycles. The number of hydrogen-bond acceptors (Lipinski definition) is 5. The lowest BCUT2D eigenvalue weighted by Crippen LogP contribution is -2.17. The van der Waals surface area contributed by atoms with E-state index in [2.05, 4.69) is 9.47 Å². The summed E-state index contributed by atoms with van der Waals surface area (Å²) in [6.07, 6.45) is -0.0947. The summed E-state index contributed by atoms with van der Waals surface area (Å²) in [5, 5.41) is 0. The first-order valence-electron chi connectivity index (χ1n) is 3.78. The molecule has 0 heterocycles. The Morgan fingerprint density at radius 1 is 1.23 bits per heavy atom. The molecule has 0 fully saturated rings. The van der Waals surface area contributed by atoms with Crippen LogP contribution in [-0.4, -0.2) is 46.7 Å². The molecule has 0 aliphatic heterocycles. The first-order valence-corrected chi connectivity index (χ1v) is 5.60. The summed E-state index contributed by atoms with van der Waals surface area (Å²) >= 11 is 0. The Labute approximate surface area is 77.9 Å². The van der Waals surface area contributed by atoms with Gasteiger partial charge in [-0.25, -0.2) is 8.42 Å². The molecule has 0 aliphatic rings. The molecule has 0 amide bonds. The summed E-state index contributed by atoms with van der Waals surface area (Å²) in [7, 11) is -0.522. The molecular formula is C7H14O5S. The van der Waals surface area contributed by atoms with Gasteiger partial charge in [0, 0.05) is 7.11 Å². The Morgan fingerprint density at radius 3 is 2.31 bits per heavy atom. The molecule has 6 heteroatoms. The van der Waals surface area contributed by atoms with Crippen LogP contribution < -0.4 is 0 Å². The number of methoxy groups -OCH3 is 2. The normalized spacial score (nSPS) is 11.2. The topological polar surface area (TPSA) is 69.7 Å². The van der Waals surface area contributed by atoms with Gasteiger partial charge in [0.1, 0.15) is 0 Å². The second kappa shape index (κ2) is 5.93. The van der Waals surface area contributed by atoms with Crippen molar-refractivity contribution in [2.24, 2.45) is 0 Å². The fourth-order valence-electron chi connectivity index (χ4n) is 0.653. The maximum atomic E-state index is 11.1. The van der Waals surface area contributed by atoms with Gasteiger partial charge in [0.15, 0.2) is 9.84 Å². The number of sulfone groups is 1. The van der Waals surface area contributed by atoms with Crippen molar-refractivity contribution in [1.29, 1.82) is 0 Å². The Kier molecular flexibility index (Phi) is 5.65. The van der Waals surface area contributed by atoms with E-state index in [0.717, 1.165) is 0 Å². The van der Waals surface area contributed by atoms with E-state index in [1.54, 1.807) is 0 Å². The van der Waals surface area contributed by atoms with E-state index in [-0.39, 0.29) is 24.5 Å². The fourth-order valence-corrected chi connectivity index (χ4v) is 1.76. The number of rotatable bonds is 6. The van der Waals surface area contributed by atoms with Crippen LogP contribution in [-0.2, 0) is 24.1 Å². The lowest BCUT2D eigenvalue weighted by Gasteiger charge is -2.02. The van der Waals surface area contributed by atoms with E-state index in [1.165, 1.54) is 14.2 Å². The van der Waals surface area contributed by atoms with Gasteiger partial charge in [-0.2, -0.15) is 0 Å². The molecule has 78 valence electrons. The van der Waals surface area contributed by atoms with Crippen molar-refractivity contribution in [3.05, 3.63) is 0 Å². The van der Waals surface area contributed by atoms with Gasteiger partial charge in [-0.3, -0.25) is 4.79 Å². The Balaban J connectivity index is 3.83. The monoisotopic (exact) mass is 210 g/mol. The minimum Gasteiger partial charge on any atom is -0.469 e. The summed E-state index contributed by atoms with van der Waals surface area (Å²) in [4.78, 5) is 10.6. The van der Waals surface area contributed by atoms with Gasteiger partial charge in [0.2, 0.25) is 0 Å². The van der Waals surface area contributed by atoms with Gasteiger partial charge in [0.25, 0.3) is 0 Å². The first-order chi connectivity index (χ1) is 6.02. The average molecular weight is 210 g/mol. The highest BCUT2D eigenvalue weighted by Gasteiger charge is 2.13. The molecule has 0 saturated heterocycles.